The summed E-state index contributed by atoms with van der Waals surface area (Å²) in [5.41, 5.74) is 1.15. The number of carbonyl (C=O) groups is 3. The molecule has 1 amide bonds. The average Bonchev–Trinajstić information content (AvgIpc) is 3.41. The molecule has 6 aliphatic carbocycles. The number of esters is 1. The molecule has 0 bridgehead atoms. The lowest BCUT2D eigenvalue weighted by Gasteiger charge is -2.73. The van der Waals surface area contributed by atoms with Gasteiger partial charge in [0.25, 0.3) is 0 Å². The second-order valence-corrected chi connectivity index (χ2v) is 21.2. The van der Waals surface area contributed by atoms with Crippen LogP contribution >= 0.6 is 0 Å². The van der Waals surface area contributed by atoms with E-state index in [9.17, 15) is 19.5 Å². The Morgan fingerprint density at radius 1 is 0.788 bits per heavy atom. The van der Waals surface area contributed by atoms with E-state index in [0.717, 1.165) is 77.7 Å². The molecular formula is C45H72N2O5. The number of ketones is 1. The van der Waals surface area contributed by atoms with E-state index in [1.54, 1.807) is 0 Å². The quantitative estimate of drug-likeness (QED) is 0.203. The topological polar surface area (TPSA) is 87.2 Å². The van der Waals surface area contributed by atoms with Crippen molar-refractivity contribution in [2.75, 3.05) is 39.3 Å². The van der Waals surface area contributed by atoms with Gasteiger partial charge in [0.2, 0.25) is 5.91 Å². The van der Waals surface area contributed by atoms with Gasteiger partial charge >= 0.3 is 5.97 Å². The molecule has 0 radical (unpaired) electrons. The second kappa shape index (κ2) is 12.9. The Balaban J connectivity index is 1.12. The Hall–Kier alpha value is -1.73. The van der Waals surface area contributed by atoms with Crippen molar-refractivity contribution in [2.24, 2.45) is 73.9 Å². The molecule has 1 heterocycles. The summed E-state index contributed by atoms with van der Waals surface area (Å²) < 4.78 is 6.49. The Morgan fingerprint density at radius 3 is 2.12 bits per heavy atom. The zero-order chi connectivity index (χ0) is 37.8. The average molecular weight is 721 g/mol. The number of likely N-dealkylation sites (N-methyl/N-ethyl adjacent to an activating group) is 1. The molecule has 292 valence electrons. The first-order valence-corrected chi connectivity index (χ1v) is 21.3. The van der Waals surface area contributed by atoms with Gasteiger partial charge in [-0.15, -0.1) is 0 Å². The first-order chi connectivity index (χ1) is 24.3. The third kappa shape index (κ3) is 5.40. The normalized spacial score (nSPS) is 46.2. The molecule has 0 aromatic carbocycles. The summed E-state index contributed by atoms with van der Waals surface area (Å²) in [7, 11) is 0. The number of aliphatic hydroxyl groups is 1. The highest BCUT2D eigenvalue weighted by atomic mass is 16.5. The molecule has 7 aliphatic rings. The maximum absolute atomic E-state index is 14.9. The number of hydrogen-bond acceptors (Lipinski definition) is 6. The van der Waals surface area contributed by atoms with Crippen molar-refractivity contribution in [2.45, 2.75) is 139 Å². The number of ether oxygens (including phenoxy) is 1. The maximum atomic E-state index is 14.9. The minimum Gasteiger partial charge on any atom is -0.462 e. The molecule has 12 atom stereocenters. The number of hydrogen-bond donors (Lipinski definition) is 1. The van der Waals surface area contributed by atoms with E-state index in [1.807, 2.05) is 0 Å². The number of fused-ring (bicyclic) bond motifs is 7. The number of carbonyl (C=O) groups excluding carboxylic acids is 3. The van der Waals surface area contributed by atoms with E-state index >= 15 is 0 Å². The second-order valence-electron chi connectivity index (χ2n) is 21.2. The highest BCUT2D eigenvalue weighted by Gasteiger charge is 2.72. The van der Waals surface area contributed by atoms with Crippen molar-refractivity contribution in [1.29, 1.82) is 0 Å². The molecule has 7 heteroatoms. The third-order valence-electron chi connectivity index (χ3n) is 18.7. The van der Waals surface area contributed by atoms with Crippen molar-refractivity contribution in [3.05, 3.63) is 12.2 Å². The number of amides is 1. The minimum atomic E-state index is -0.463. The van der Waals surface area contributed by atoms with Crippen LogP contribution in [0.4, 0.5) is 0 Å². The SMILES string of the molecule is C=C(C)[C@@H]1CC[C@]2(C(=O)N3CCN(CC)CC3)CC[C@]3(C)[C@H](CC[C@@H]4[C@@]5(C)CC[C@H](OC(=O)[C@H]6[C@@H](CC(=O)CO)C6(C)C)C(C)(C)[C@@H]5CC[C@]43C)[C@@H]12. The lowest BCUT2D eigenvalue weighted by atomic mass is 9.32. The molecule has 0 aromatic heterocycles. The molecule has 7 fully saturated rings. The summed E-state index contributed by atoms with van der Waals surface area (Å²) in [4.78, 5) is 45.4. The van der Waals surface area contributed by atoms with Crippen LogP contribution in [0.25, 0.3) is 0 Å². The van der Waals surface area contributed by atoms with Gasteiger partial charge in [-0.05, 0) is 135 Å². The fraction of sp³-hybridized carbons (Fsp3) is 0.889. The monoisotopic (exact) mass is 721 g/mol. The van der Waals surface area contributed by atoms with Gasteiger partial charge in [0, 0.05) is 38.0 Å². The van der Waals surface area contributed by atoms with Crippen LogP contribution < -0.4 is 0 Å². The van der Waals surface area contributed by atoms with Gasteiger partial charge in [-0.3, -0.25) is 14.4 Å². The van der Waals surface area contributed by atoms with Gasteiger partial charge < -0.3 is 19.6 Å². The largest absolute Gasteiger partial charge is 0.462 e. The molecule has 0 aromatic rings. The summed E-state index contributed by atoms with van der Waals surface area (Å²) >= 11 is 0. The van der Waals surface area contributed by atoms with Crippen LogP contribution in [-0.2, 0) is 19.1 Å². The van der Waals surface area contributed by atoms with E-state index in [-0.39, 0.29) is 68.6 Å². The Morgan fingerprint density at radius 2 is 1.48 bits per heavy atom. The van der Waals surface area contributed by atoms with Crippen molar-refractivity contribution < 1.29 is 24.2 Å². The smallest absolute Gasteiger partial charge is 0.310 e. The standard InChI is InChI=1S/C45H72N2O5/c1-11-46-22-24-47(25-23-46)39(51)45-19-14-30(28(2)3)36(45)31-12-13-34-42(8)17-16-35(52-38(50)37-32(40(37,4)5)26-29(49)27-48)41(6,7)33(42)15-18-44(34,10)43(31,9)20-21-45/h30-37,48H,2,11-27H2,1,3-10H3/t30-,31+,32+,33-,34+,35-,36+,37+,42-,43+,44+,45-/m0/s1. The molecule has 7 rings (SSSR count). The lowest BCUT2D eigenvalue weighted by Crippen LogP contribution is -2.67. The van der Waals surface area contributed by atoms with Crippen molar-refractivity contribution in [3.63, 3.8) is 0 Å². The Bertz CT molecular complexity index is 1460. The van der Waals surface area contributed by atoms with Crippen molar-refractivity contribution >= 4 is 17.7 Å². The maximum Gasteiger partial charge on any atom is 0.310 e. The minimum absolute atomic E-state index is 0.0527. The van der Waals surface area contributed by atoms with Crippen molar-refractivity contribution in [3.8, 4) is 0 Å². The number of piperazine rings is 1. The first-order valence-electron chi connectivity index (χ1n) is 21.3. The molecule has 0 spiro atoms. The van der Waals surface area contributed by atoms with Crippen LogP contribution in [0, 0.1) is 73.9 Å². The summed E-state index contributed by atoms with van der Waals surface area (Å²) in [5.74, 6) is 2.21. The first kappa shape index (κ1) is 38.5. The molecule has 52 heavy (non-hydrogen) atoms. The Kier molecular flexibility index (Phi) is 9.57. The lowest BCUT2D eigenvalue weighted by molar-refractivity contribution is -0.250. The summed E-state index contributed by atoms with van der Waals surface area (Å²) in [6, 6.07) is 0. The van der Waals surface area contributed by atoms with Gasteiger partial charge in [-0.2, -0.15) is 0 Å². The van der Waals surface area contributed by atoms with Crippen molar-refractivity contribution in [1.82, 2.24) is 9.80 Å². The van der Waals surface area contributed by atoms with Crippen LogP contribution in [0.1, 0.15) is 133 Å². The number of allylic oxidation sites excluding steroid dienone is 1. The summed E-state index contributed by atoms with van der Waals surface area (Å²) in [6.07, 6.45) is 11.2. The highest BCUT2D eigenvalue weighted by Crippen LogP contribution is 2.78. The fourth-order valence-electron chi connectivity index (χ4n) is 15.4. The number of nitrogens with zero attached hydrogens (tertiary/aromatic N) is 2. The molecule has 0 unspecified atom stereocenters. The third-order valence-corrected chi connectivity index (χ3v) is 18.7. The van der Waals surface area contributed by atoms with Gasteiger partial charge in [-0.1, -0.05) is 67.5 Å². The van der Waals surface area contributed by atoms with E-state index in [4.69, 9.17) is 4.74 Å². The van der Waals surface area contributed by atoms with Gasteiger partial charge in [0.1, 0.15) is 12.7 Å². The van der Waals surface area contributed by atoms with E-state index in [0.29, 0.717) is 35.5 Å². The van der Waals surface area contributed by atoms with Gasteiger partial charge in [0.15, 0.2) is 5.78 Å². The van der Waals surface area contributed by atoms with Crippen LogP contribution in [0.5, 0.6) is 0 Å². The zero-order valence-corrected chi connectivity index (χ0v) is 34.3. The van der Waals surface area contributed by atoms with Gasteiger partial charge in [-0.25, -0.2) is 0 Å². The molecular weight excluding hydrogens is 649 g/mol. The predicted molar refractivity (Wildman–Crippen MR) is 205 cm³/mol. The summed E-state index contributed by atoms with van der Waals surface area (Å²) in [5, 5.41) is 9.34. The van der Waals surface area contributed by atoms with Gasteiger partial charge in [0.05, 0.1) is 11.3 Å². The molecule has 7 nitrogen and oxygen atoms in total. The number of aliphatic hydroxyl groups excluding tert-OH is 1. The number of Topliss-reactive ketones (excluding diaryl/α,β-unsaturated/α-hetero) is 1. The molecule has 6 saturated carbocycles. The highest BCUT2D eigenvalue weighted by molar-refractivity contribution is 5.85. The summed E-state index contributed by atoms with van der Waals surface area (Å²) in [6.45, 7) is 30.1. The van der Waals surface area contributed by atoms with Crippen LogP contribution in [0.2, 0.25) is 0 Å². The molecule has 1 N–H and O–H groups in total. The van der Waals surface area contributed by atoms with E-state index in [1.165, 1.54) is 24.8 Å². The van der Waals surface area contributed by atoms with Crippen LogP contribution in [-0.4, -0.2) is 78.0 Å². The molecule has 1 aliphatic heterocycles. The van der Waals surface area contributed by atoms with Crippen LogP contribution in [0.15, 0.2) is 12.2 Å². The zero-order valence-electron chi connectivity index (χ0n) is 34.3. The number of rotatable bonds is 8. The Labute approximate surface area is 315 Å². The van der Waals surface area contributed by atoms with E-state index in [2.05, 4.69) is 78.7 Å². The van der Waals surface area contributed by atoms with Crippen LogP contribution in [0.3, 0.4) is 0 Å². The van der Waals surface area contributed by atoms with E-state index < -0.39 is 6.61 Å². The predicted octanol–water partition coefficient (Wildman–Crippen LogP) is 7.94. The molecule has 1 saturated heterocycles. The fourth-order valence-corrected chi connectivity index (χ4v) is 15.4.